The van der Waals surface area contributed by atoms with Crippen LogP contribution in [0.1, 0.15) is 20.3 Å². The third-order valence-corrected chi connectivity index (χ3v) is 4.23. The molecule has 0 aromatic heterocycles. The Morgan fingerprint density at radius 3 is 2.69 bits per heavy atom. The van der Waals surface area contributed by atoms with E-state index in [1.165, 1.54) is 0 Å². The molecule has 0 amide bonds. The van der Waals surface area contributed by atoms with E-state index >= 15 is 0 Å². The molecule has 6 nitrogen and oxygen atoms in total. The van der Waals surface area contributed by atoms with Crippen LogP contribution in [0.4, 0.5) is 0 Å². The number of guanidine groups is 1. The lowest BCUT2D eigenvalue weighted by molar-refractivity contribution is 0.588. The first-order valence-electron chi connectivity index (χ1n) is 5.41. The molecule has 1 atom stereocenters. The lowest BCUT2D eigenvalue weighted by atomic mass is 10.1. The number of nitrogens with two attached hydrogens (primary N) is 1. The first kappa shape index (κ1) is 13.2. The third kappa shape index (κ3) is 4.36. The molecule has 1 aliphatic rings. The van der Waals surface area contributed by atoms with Crippen molar-refractivity contribution in [1.82, 2.24) is 10.7 Å². The first-order chi connectivity index (χ1) is 7.43. The van der Waals surface area contributed by atoms with Crippen molar-refractivity contribution < 1.29 is 8.42 Å². The van der Waals surface area contributed by atoms with Gasteiger partial charge in [-0.05, 0) is 26.2 Å². The topological polar surface area (TPSA) is 96.6 Å². The van der Waals surface area contributed by atoms with Gasteiger partial charge in [0.15, 0.2) is 9.84 Å². The van der Waals surface area contributed by atoms with Crippen LogP contribution in [0.3, 0.4) is 0 Å². The monoisotopic (exact) mass is 248 g/mol. The molecule has 0 saturated carbocycles. The fourth-order valence-electron chi connectivity index (χ4n) is 1.64. The van der Waals surface area contributed by atoms with Crippen LogP contribution in [-0.2, 0) is 9.84 Å². The highest BCUT2D eigenvalue weighted by atomic mass is 32.2. The molecule has 0 aromatic rings. The number of nitrogens with zero attached hydrogens (tertiary/aromatic N) is 1. The summed E-state index contributed by atoms with van der Waals surface area (Å²) in [5.74, 6) is 6.47. The zero-order valence-corrected chi connectivity index (χ0v) is 10.5. The second-order valence-electron chi connectivity index (χ2n) is 4.40. The lowest BCUT2D eigenvalue weighted by Crippen LogP contribution is -2.44. The molecular formula is C9H20N4O2S. The summed E-state index contributed by atoms with van der Waals surface area (Å²) in [6.07, 6.45) is 0.700. The molecule has 1 aliphatic heterocycles. The number of aliphatic imine (C=N–C) groups is 1. The van der Waals surface area contributed by atoms with Crippen molar-refractivity contribution in [1.29, 1.82) is 0 Å². The van der Waals surface area contributed by atoms with E-state index in [-0.39, 0.29) is 23.5 Å². The molecule has 1 rings (SSSR count). The van der Waals surface area contributed by atoms with Crippen molar-refractivity contribution in [2.45, 2.75) is 26.3 Å². The molecular weight excluding hydrogens is 228 g/mol. The van der Waals surface area contributed by atoms with Crippen LogP contribution in [0.2, 0.25) is 0 Å². The summed E-state index contributed by atoms with van der Waals surface area (Å²) in [5.41, 5.74) is 2.47. The summed E-state index contributed by atoms with van der Waals surface area (Å²) in [4.78, 5) is 4.23. The summed E-state index contributed by atoms with van der Waals surface area (Å²) < 4.78 is 22.5. The molecule has 1 saturated heterocycles. The van der Waals surface area contributed by atoms with E-state index in [0.29, 0.717) is 18.9 Å². The number of nitrogens with one attached hydrogen (secondary N) is 2. The maximum atomic E-state index is 11.2. The lowest BCUT2D eigenvalue weighted by Gasteiger charge is -2.12. The quantitative estimate of drug-likeness (QED) is 0.264. The van der Waals surface area contributed by atoms with Crippen molar-refractivity contribution in [2.24, 2.45) is 16.8 Å². The molecule has 1 fully saturated rings. The Balaban J connectivity index is 2.45. The van der Waals surface area contributed by atoms with E-state index in [1.807, 2.05) is 13.8 Å². The largest absolute Gasteiger partial charge is 0.353 e. The summed E-state index contributed by atoms with van der Waals surface area (Å²) in [6, 6.07) is 0.238. The maximum Gasteiger partial charge on any atom is 0.205 e. The second-order valence-corrected chi connectivity index (χ2v) is 6.63. The van der Waals surface area contributed by atoms with Crippen LogP contribution in [0.15, 0.2) is 4.99 Å². The number of hydrazine groups is 1. The molecule has 0 aromatic carbocycles. The molecule has 94 valence electrons. The summed E-state index contributed by atoms with van der Waals surface area (Å²) in [6.45, 7) is 4.46. The van der Waals surface area contributed by atoms with Crippen molar-refractivity contribution >= 4 is 15.8 Å². The van der Waals surface area contributed by atoms with Gasteiger partial charge in [-0.25, -0.2) is 14.3 Å². The van der Waals surface area contributed by atoms with E-state index in [0.717, 1.165) is 0 Å². The number of hydrogen-bond acceptors (Lipinski definition) is 4. The highest BCUT2D eigenvalue weighted by molar-refractivity contribution is 7.91. The minimum Gasteiger partial charge on any atom is -0.353 e. The third-order valence-electron chi connectivity index (χ3n) is 2.40. The van der Waals surface area contributed by atoms with E-state index in [1.54, 1.807) is 0 Å². The van der Waals surface area contributed by atoms with Gasteiger partial charge in [0.2, 0.25) is 5.96 Å². The van der Waals surface area contributed by atoms with Gasteiger partial charge in [0, 0.05) is 12.6 Å². The molecule has 1 heterocycles. The average molecular weight is 248 g/mol. The summed E-state index contributed by atoms with van der Waals surface area (Å²) in [7, 11) is -2.81. The Hall–Kier alpha value is -0.820. The van der Waals surface area contributed by atoms with E-state index < -0.39 is 9.84 Å². The van der Waals surface area contributed by atoms with Crippen LogP contribution in [0.5, 0.6) is 0 Å². The maximum absolute atomic E-state index is 11.2. The molecule has 4 N–H and O–H groups in total. The number of rotatable bonds is 3. The van der Waals surface area contributed by atoms with Crippen molar-refractivity contribution in [3.63, 3.8) is 0 Å². The predicted octanol–water partition coefficient (Wildman–Crippen LogP) is -0.762. The van der Waals surface area contributed by atoms with Crippen LogP contribution in [-0.4, -0.2) is 38.5 Å². The van der Waals surface area contributed by atoms with Gasteiger partial charge in [0.1, 0.15) is 0 Å². The molecule has 0 spiro atoms. The number of sulfone groups is 1. The average Bonchev–Trinajstić information content (AvgIpc) is 2.52. The van der Waals surface area contributed by atoms with Gasteiger partial charge in [0.25, 0.3) is 0 Å². The fourth-order valence-corrected chi connectivity index (χ4v) is 3.49. The van der Waals surface area contributed by atoms with Gasteiger partial charge in [-0.2, -0.15) is 0 Å². The Kier molecular flexibility index (Phi) is 4.55. The minimum absolute atomic E-state index is 0.127. The standard InChI is InChI=1S/C9H20N4O2S/c1-7(2)12-9(13-10)11-5-8-3-4-16(14,15)6-8/h7-8H,3-6,10H2,1-2H3,(H2,11,12,13). The molecule has 1 unspecified atom stereocenters. The van der Waals surface area contributed by atoms with Gasteiger partial charge >= 0.3 is 0 Å². The zero-order valence-electron chi connectivity index (χ0n) is 9.73. The van der Waals surface area contributed by atoms with Gasteiger partial charge in [-0.15, -0.1) is 0 Å². The molecule has 0 radical (unpaired) electrons. The SMILES string of the molecule is CC(C)NC(=NCC1CCS(=O)(=O)C1)NN. The molecule has 0 bridgehead atoms. The molecule has 16 heavy (non-hydrogen) atoms. The molecule has 7 heteroatoms. The number of hydrogen-bond donors (Lipinski definition) is 3. The Morgan fingerprint density at radius 2 is 2.25 bits per heavy atom. The van der Waals surface area contributed by atoms with Crippen LogP contribution in [0.25, 0.3) is 0 Å². The van der Waals surface area contributed by atoms with Crippen LogP contribution in [0, 0.1) is 5.92 Å². The van der Waals surface area contributed by atoms with Gasteiger partial charge in [0.05, 0.1) is 11.5 Å². The Labute approximate surface area is 96.6 Å². The van der Waals surface area contributed by atoms with Crippen molar-refractivity contribution in [3.05, 3.63) is 0 Å². The highest BCUT2D eigenvalue weighted by Gasteiger charge is 2.27. The van der Waals surface area contributed by atoms with Crippen molar-refractivity contribution in [2.75, 3.05) is 18.1 Å². The zero-order chi connectivity index (χ0) is 12.2. The van der Waals surface area contributed by atoms with E-state index in [2.05, 4.69) is 15.7 Å². The van der Waals surface area contributed by atoms with Gasteiger partial charge < -0.3 is 5.32 Å². The normalized spacial score (nSPS) is 24.8. The summed E-state index contributed by atoms with van der Waals surface area (Å²) >= 11 is 0. The smallest absolute Gasteiger partial charge is 0.205 e. The first-order valence-corrected chi connectivity index (χ1v) is 7.23. The van der Waals surface area contributed by atoms with Gasteiger partial charge in [-0.1, -0.05) is 0 Å². The van der Waals surface area contributed by atoms with Crippen LogP contribution < -0.4 is 16.6 Å². The second kappa shape index (κ2) is 5.49. The van der Waals surface area contributed by atoms with Crippen molar-refractivity contribution in [3.8, 4) is 0 Å². The van der Waals surface area contributed by atoms with Gasteiger partial charge in [-0.3, -0.25) is 10.4 Å². The van der Waals surface area contributed by atoms with Crippen LogP contribution >= 0.6 is 0 Å². The Morgan fingerprint density at radius 1 is 1.56 bits per heavy atom. The van der Waals surface area contributed by atoms with E-state index in [4.69, 9.17) is 5.84 Å². The summed E-state index contributed by atoms with van der Waals surface area (Å²) in [5, 5.41) is 3.04. The highest BCUT2D eigenvalue weighted by Crippen LogP contribution is 2.18. The Bertz CT molecular complexity index is 351. The predicted molar refractivity (Wildman–Crippen MR) is 64.7 cm³/mol. The minimum atomic E-state index is -2.81. The fraction of sp³-hybridized carbons (Fsp3) is 0.889. The van der Waals surface area contributed by atoms with E-state index in [9.17, 15) is 8.42 Å². The molecule has 0 aliphatic carbocycles.